The largest absolute Gasteiger partial charge is 0.307 e. The average Bonchev–Trinajstić information content (AvgIpc) is 2.86. The third-order valence-electron chi connectivity index (χ3n) is 7.19. The second-order valence-electron chi connectivity index (χ2n) is 9.79. The van der Waals surface area contributed by atoms with Gasteiger partial charge in [-0.05, 0) is 55.4 Å². The highest BCUT2D eigenvalue weighted by atomic mass is 16.1. The number of allylic oxidation sites excluding steroid dienone is 4. The van der Waals surface area contributed by atoms with Crippen LogP contribution in [0.3, 0.4) is 0 Å². The van der Waals surface area contributed by atoms with Crippen molar-refractivity contribution in [3.8, 4) is 0 Å². The molecule has 1 fully saturated rings. The van der Waals surface area contributed by atoms with Gasteiger partial charge >= 0.3 is 5.56 Å². The molecule has 2 atom stereocenters. The summed E-state index contributed by atoms with van der Waals surface area (Å²) in [5.41, 5.74) is 3.62. The van der Waals surface area contributed by atoms with E-state index in [0.29, 0.717) is 17.1 Å². The van der Waals surface area contributed by atoms with Crippen LogP contribution < -0.4 is 5.56 Å². The highest BCUT2D eigenvalue weighted by Gasteiger charge is 2.17. The maximum absolute atomic E-state index is 13.2. The molecule has 4 nitrogen and oxygen atoms in total. The molecule has 1 saturated carbocycles. The average molecular weight is 463 g/mol. The molecule has 1 aromatic carbocycles. The summed E-state index contributed by atoms with van der Waals surface area (Å²) in [6.45, 7) is 4.29. The molecule has 0 amide bonds. The summed E-state index contributed by atoms with van der Waals surface area (Å²) in [7, 11) is 8.01. The van der Waals surface area contributed by atoms with E-state index in [4.69, 9.17) is 7.85 Å². The van der Waals surface area contributed by atoms with Gasteiger partial charge in [0.2, 0.25) is 0 Å². The molecule has 4 rings (SSSR count). The molecule has 1 aliphatic carbocycles. The van der Waals surface area contributed by atoms with Crippen molar-refractivity contribution in [1.82, 2.24) is 9.55 Å². The third-order valence-corrected chi connectivity index (χ3v) is 7.19. The highest BCUT2D eigenvalue weighted by molar-refractivity contribution is 6.36. The number of rotatable bonds is 4. The summed E-state index contributed by atoms with van der Waals surface area (Å²) < 4.78 is 1.63. The van der Waals surface area contributed by atoms with E-state index in [2.05, 4.69) is 47.2 Å². The van der Waals surface area contributed by atoms with Crippen LogP contribution in [0.1, 0.15) is 76.7 Å². The molecule has 2 radical (unpaired) electrons. The van der Waals surface area contributed by atoms with Gasteiger partial charge in [0.1, 0.15) is 7.85 Å². The molecular formula is C30H34BN3O. The third kappa shape index (κ3) is 5.59. The van der Waals surface area contributed by atoms with Crippen molar-refractivity contribution in [3.05, 3.63) is 70.1 Å². The molecule has 0 saturated heterocycles. The Balaban J connectivity index is 1.91. The van der Waals surface area contributed by atoms with Gasteiger partial charge in [0.25, 0.3) is 0 Å². The van der Waals surface area contributed by atoms with Gasteiger partial charge in [0.15, 0.2) is 0 Å². The van der Waals surface area contributed by atoms with Gasteiger partial charge in [-0.25, -0.2) is 0 Å². The maximum Gasteiger partial charge on any atom is 0.307 e. The van der Waals surface area contributed by atoms with E-state index < -0.39 is 0 Å². The van der Waals surface area contributed by atoms with Crippen molar-refractivity contribution in [2.45, 2.75) is 71.1 Å². The molecule has 5 heteroatoms. The number of aliphatic imine (C=N–C) groups is 1. The summed E-state index contributed by atoms with van der Waals surface area (Å²) in [4.78, 5) is 21.9. The Morgan fingerprint density at radius 1 is 1.14 bits per heavy atom. The molecule has 35 heavy (non-hydrogen) atoms. The van der Waals surface area contributed by atoms with Gasteiger partial charge in [-0.15, -0.1) is 0 Å². The molecule has 0 spiro atoms. The quantitative estimate of drug-likeness (QED) is 0.248. The number of fused-ring (bicyclic) bond motifs is 3. The van der Waals surface area contributed by atoms with E-state index in [1.54, 1.807) is 24.0 Å². The van der Waals surface area contributed by atoms with E-state index >= 15 is 0 Å². The van der Waals surface area contributed by atoms with Crippen LogP contribution >= 0.6 is 0 Å². The van der Waals surface area contributed by atoms with E-state index in [-0.39, 0.29) is 5.56 Å². The van der Waals surface area contributed by atoms with Gasteiger partial charge in [0.05, 0.1) is 16.4 Å². The molecule has 0 aliphatic heterocycles. The number of nitrogens with zero attached hydrogens (tertiary/aromatic N) is 3. The Kier molecular flexibility index (Phi) is 8.23. The van der Waals surface area contributed by atoms with Crippen LogP contribution in [0.4, 0.5) is 0 Å². The fourth-order valence-corrected chi connectivity index (χ4v) is 5.35. The van der Waals surface area contributed by atoms with Crippen molar-refractivity contribution in [2.24, 2.45) is 10.9 Å². The molecule has 2 aromatic heterocycles. The van der Waals surface area contributed by atoms with Crippen molar-refractivity contribution >= 4 is 41.6 Å². The first kappa shape index (κ1) is 25.0. The van der Waals surface area contributed by atoms with Gasteiger partial charge in [-0.1, -0.05) is 69.1 Å². The van der Waals surface area contributed by atoms with Crippen molar-refractivity contribution in [2.75, 3.05) is 7.05 Å². The van der Waals surface area contributed by atoms with Crippen LogP contribution in [-0.2, 0) is 0 Å². The van der Waals surface area contributed by atoms with E-state index in [0.717, 1.165) is 27.7 Å². The molecule has 0 N–H and O–H groups in total. The summed E-state index contributed by atoms with van der Waals surface area (Å²) in [5.74, 6) is 1.33. The zero-order chi connectivity index (χ0) is 24.8. The maximum atomic E-state index is 13.2. The monoisotopic (exact) mass is 463 g/mol. The van der Waals surface area contributed by atoms with Crippen LogP contribution in [0.15, 0.2) is 51.8 Å². The van der Waals surface area contributed by atoms with Crippen LogP contribution in [0, 0.1) is 18.1 Å². The predicted octanol–water partition coefficient (Wildman–Crippen LogP) is 6.62. The minimum Gasteiger partial charge on any atom is -0.297 e. The van der Waals surface area contributed by atoms with Gasteiger partial charge < -0.3 is 0 Å². The Morgan fingerprint density at radius 3 is 2.71 bits per heavy atom. The fraction of sp³-hybridized carbons (Fsp3) is 0.433. The SMILES string of the molecule is [B]/C(C=NC)=C(/C=C\C)n1c(=O)c#cc2cnc3ccc(C4CCCCCC(C)CCC4)cc3c21. The lowest BCUT2D eigenvalue weighted by Crippen LogP contribution is -2.19. The molecule has 178 valence electrons. The lowest BCUT2D eigenvalue weighted by Gasteiger charge is -2.22. The zero-order valence-corrected chi connectivity index (χ0v) is 21.2. The second-order valence-corrected chi connectivity index (χ2v) is 9.79. The van der Waals surface area contributed by atoms with Gasteiger partial charge in [-0.2, -0.15) is 0 Å². The zero-order valence-electron chi connectivity index (χ0n) is 21.2. The normalized spacial score (nSPS) is 20.9. The molecule has 2 unspecified atom stereocenters. The first-order valence-corrected chi connectivity index (χ1v) is 12.9. The second kappa shape index (κ2) is 11.5. The Bertz CT molecular complexity index is 1330. The summed E-state index contributed by atoms with van der Waals surface area (Å²) in [6, 6.07) is 12.3. The highest BCUT2D eigenvalue weighted by Crippen LogP contribution is 2.34. The van der Waals surface area contributed by atoms with Gasteiger partial charge in [0, 0.05) is 36.6 Å². The van der Waals surface area contributed by atoms with Crippen LogP contribution in [0.25, 0.3) is 27.5 Å². The van der Waals surface area contributed by atoms with Gasteiger partial charge in [-0.3, -0.25) is 19.3 Å². The van der Waals surface area contributed by atoms with E-state index in [1.165, 1.54) is 56.9 Å². The van der Waals surface area contributed by atoms with Crippen molar-refractivity contribution < 1.29 is 0 Å². The molecule has 1 aliphatic rings. The number of aromatic nitrogens is 2. The summed E-state index contributed by atoms with van der Waals surface area (Å²) in [6.07, 6.45) is 17.3. The van der Waals surface area contributed by atoms with Crippen LogP contribution in [-0.4, -0.2) is 30.7 Å². The summed E-state index contributed by atoms with van der Waals surface area (Å²) >= 11 is 0. The summed E-state index contributed by atoms with van der Waals surface area (Å²) in [5, 5.41) is 1.67. The lowest BCUT2D eigenvalue weighted by molar-refractivity contribution is 0.395. The molecule has 3 aromatic rings. The first-order chi connectivity index (χ1) is 17.0. The minimum atomic E-state index is -0.302. The smallest absolute Gasteiger partial charge is 0.297 e. The Morgan fingerprint density at radius 2 is 1.91 bits per heavy atom. The predicted molar refractivity (Wildman–Crippen MR) is 148 cm³/mol. The minimum absolute atomic E-state index is 0.302. The molecule has 2 heterocycles. The number of hydrogen-bond donors (Lipinski definition) is 0. The number of hydrogen-bond acceptors (Lipinski definition) is 3. The number of benzene rings is 1. The number of pyridine rings is 1. The van der Waals surface area contributed by atoms with Crippen LogP contribution in [0.2, 0.25) is 0 Å². The van der Waals surface area contributed by atoms with E-state index in [9.17, 15) is 4.79 Å². The van der Waals surface area contributed by atoms with E-state index in [1.807, 2.05) is 19.1 Å². The molecule has 0 bridgehead atoms. The topological polar surface area (TPSA) is 47.2 Å². The lowest BCUT2D eigenvalue weighted by atomic mass is 9.84. The fourth-order valence-electron chi connectivity index (χ4n) is 5.35. The standard InChI is InChI=1S/C30H34BN3O/c1-4-9-28(26(31)20-32-3)34-29(35)17-15-24-19-33-27-16-14-23(18-25(27)30(24)34)22-12-7-5-6-10-21(2)11-8-13-22/h4,9,14,16,18-22H,5-8,10-13H2,1-3H3/b9-4-,28-26-,32-20?. The molecular weight excluding hydrogens is 429 g/mol. The van der Waals surface area contributed by atoms with Crippen molar-refractivity contribution in [3.63, 3.8) is 0 Å². The van der Waals surface area contributed by atoms with Crippen molar-refractivity contribution in [1.29, 1.82) is 0 Å². The van der Waals surface area contributed by atoms with Crippen LogP contribution in [0.5, 0.6) is 0 Å². The first-order valence-electron chi connectivity index (χ1n) is 12.9. The Labute approximate surface area is 210 Å². The Hall–Kier alpha value is -3.13.